The van der Waals surface area contributed by atoms with Crippen LogP contribution in [-0.4, -0.2) is 49.1 Å². The molecule has 19 heavy (non-hydrogen) atoms. The molecular formula is C14H22N4O. The van der Waals surface area contributed by atoms with Crippen LogP contribution in [0.1, 0.15) is 12.8 Å². The molecule has 3 N–H and O–H groups in total. The van der Waals surface area contributed by atoms with E-state index < -0.39 is 0 Å². The zero-order valence-corrected chi connectivity index (χ0v) is 11.6. The zero-order chi connectivity index (χ0) is 13.8. The van der Waals surface area contributed by atoms with E-state index in [1.54, 1.807) is 12.1 Å². The van der Waals surface area contributed by atoms with Gasteiger partial charge in [-0.05, 0) is 57.2 Å². The van der Waals surface area contributed by atoms with Gasteiger partial charge in [0.15, 0.2) is 0 Å². The van der Waals surface area contributed by atoms with Gasteiger partial charge in [0.2, 0.25) is 0 Å². The van der Waals surface area contributed by atoms with Gasteiger partial charge in [0, 0.05) is 24.5 Å². The Hall–Kier alpha value is -1.75. The lowest BCUT2D eigenvalue weighted by Crippen LogP contribution is -2.46. The molecular weight excluding hydrogens is 240 g/mol. The van der Waals surface area contributed by atoms with E-state index in [-0.39, 0.29) is 6.03 Å². The van der Waals surface area contributed by atoms with Crippen molar-refractivity contribution < 1.29 is 4.79 Å². The second kappa shape index (κ2) is 5.93. The first-order valence-electron chi connectivity index (χ1n) is 6.64. The van der Waals surface area contributed by atoms with Crippen molar-refractivity contribution in [1.82, 2.24) is 9.80 Å². The van der Waals surface area contributed by atoms with Crippen molar-refractivity contribution in [2.75, 3.05) is 38.2 Å². The van der Waals surface area contributed by atoms with E-state index in [1.165, 1.54) is 0 Å². The van der Waals surface area contributed by atoms with Gasteiger partial charge in [-0.1, -0.05) is 0 Å². The third kappa shape index (κ3) is 3.61. The Bertz CT molecular complexity index is 424. The lowest BCUT2D eigenvalue weighted by molar-refractivity contribution is 0.156. The number of nitrogens with zero attached hydrogens (tertiary/aromatic N) is 2. The fourth-order valence-corrected chi connectivity index (χ4v) is 2.33. The smallest absolute Gasteiger partial charge is 0.321 e. The summed E-state index contributed by atoms with van der Waals surface area (Å²) < 4.78 is 0. The number of nitrogen functional groups attached to an aromatic ring is 1. The Kier molecular flexibility index (Phi) is 4.27. The standard InChI is InChI=1S/C14H22N4O/c1-17-9-7-13(8-10-17)18(2)14(19)16-12-5-3-11(15)4-6-12/h3-6,13H,7-10,15H2,1-2H3,(H,16,19). The molecule has 1 heterocycles. The maximum atomic E-state index is 12.1. The van der Waals surface area contributed by atoms with Gasteiger partial charge in [-0.3, -0.25) is 0 Å². The summed E-state index contributed by atoms with van der Waals surface area (Å²) in [6.07, 6.45) is 2.06. The second-order valence-electron chi connectivity index (χ2n) is 5.20. The molecule has 104 valence electrons. The number of likely N-dealkylation sites (tertiary alicyclic amines) is 1. The number of piperidine rings is 1. The predicted octanol–water partition coefficient (Wildman–Crippen LogP) is 1.83. The van der Waals surface area contributed by atoms with Crippen LogP contribution < -0.4 is 11.1 Å². The van der Waals surface area contributed by atoms with E-state index in [0.717, 1.165) is 31.6 Å². The van der Waals surface area contributed by atoms with Crippen LogP contribution in [0.4, 0.5) is 16.2 Å². The average molecular weight is 262 g/mol. The molecule has 0 aliphatic carbocycles. The summed E-state index contributed by atoms with van der Waals surface area (Å²) in [4.78, 5) is 16.3. The number of amides is 2. The van der Waals surface area contributed by atoms with Gasteiger partial charge in [0.05, 0.1) is 0 Å². The summed E-state index contributed by atoms with van der Waals surface area (Å²) in [6, 6.07) is 7.46. The Morgan fingerprint density at radius 2 is 1.89 bits per heavy atom. The number of anilines is 2. The van der Waals surface area contributed by atoms with Crippen molar-refractivity contribution in [2.45, 2.75) is 18.9 Å². The van der Waals surface area contributed by atoms with E-state index in [2.05, 4.69) is 17.3 Å². The molecule has 0 aromatic heterocycles. The van der Waals surface area contributed by atoms with Gasteiger partial charge in [0.25, 0.3) is 0 Å². The number of benzene rings is 1. The van der Waals surface area contributed by atoms with E-state index >= 15 is 0 Å². The van der Waals surface area contributed by atoms with Crippen LogP contribution in [-0.2, 0) is 0 Å². The van der Waals surface area contributed by atoms with Gasteiger partial charge >= 0.3 is 6.03 Å². The summed E-state index contributed by atoms with van der Waals surface area (Å²) in [5, 5.41) is 2.90. The van der Waals surface area contributed by atoms with Crippen molar-refractivity contribution >= 4 is 17.4 Å². The molecule has 0 unspecified atom stereocenters. The average Bonchev–Trinajstić information content (AvgIpc) is 2.41. The third-order valence-electron chi connectivity index (χ3n) is 3.72. The molecule has 1 aliphatic heterocycles. The van der Waals surface area contributed by atoms with Gasteiger partial charge in [0.1, 0.15) is 0 Å². The van der Waals surface area contributed by atoms with Crippen LogP contribution in [0.5, 0.6) is 0 Å². The summed E-state index contributed by atoms with van der Waals surface area (Å²) in [5.74, 6) is 0. The van der Waals surface area contributed by atoms with Crippen LogP contribution in [0.15, 0.2) is 24.3 Å². The minimum absolute atomic E-state index is 0.0562. The number of rotatable bonds is 2. The maximum absolute atomic E-state index is 12.1. The van der Waals surface area contributed by atoms with Crippen molar-refractivity contribution in [2.24, 2.45) is 0 Å². The summed E-state index contributed by atoms with van der Waals surface area (Å²) in [5.41, 5.74) is 7.09. The van der Waals surface area contributed by atoms with Gasteiger partial charge < -0.3 is 20.9 Å². The zero-order valence-electron chi connectivity index (χ0n) is 11.6. The molecule has 5 nitrogen and oxygen atoms in total. The minimum Gasteiger partial charge on any atom is -0.399 e. The first kappa shape index (κ1) is 13.7. The number of hydrogen-bond acceptors (Lipinski definition) is 3. The third-order valence-corrected chi connectivity index (χ3v) is 3.72. The van der Waals surface area contributed by atoms with E-state index in [4.69, 9.17) is 5.73 Å². The molecule has 2 amide bonds. The van der Waals surface area contributed by atoms with Crippen LogP contribution in [0.25, 0.3) is 0 Å². The number of hydrogen-bond donors (Lipinski definition) is 2. The van der Waals surface area contributed by atoms with Crippen LogP contribution in [0, 0.1) is 0 Å². The Labute approximate surface area is 114 Å². The van der Waals surface area contributed by atoms with Crippen LogP contribution in [0.2, 0.25) is 0 Å². The van der Waals surface area contributed by atoms with Crippen molar-refractivity contribution in [3.05, 3.63) is 24.3 Å². The number of urea groups is 1. The summed E-state index contributed by atoms with van der Waals surface area (Å²) in [7, 11) is 3.98. The lowest BCUT2D eigenvalue weighted by Gasteiger charge is -2.35. The van der Waals surface area contributed by atoms with E-state index in [1.807, 2.05) is 24.1 Å². The molecule has 0 saturated carbocycles. The molecule has 5 heteroatoms. The Morgan fingerprint density at radius 3 is 2.47 bits per heavy atom. The van der Waals surface area contributed by atoms with Crippen LogP contribution in [0.3, 0.4) is 0 Å². The second-order valence-corrected chi connectivity index (χ2v) is 5.20. The normalized spacial score (nSPS) is 17.2. The van der Waals surface area contributed by atoms with E-state index in [9.17, 15) is 4.79 Å². The molecule has 1 aromatic rings. The molecule has 1 saturated heterocycles. The fraction of sp³-hybridized carbons (Fsp3) is 0.500. The highest BCUT2D eigenvalue weighted by Crippen LogP contribution is 2.16. The van der Waals surface area contributed by atoms with Crippen molar-refractivity contribution in [3.63, 3.8) is 0 Å². The first-order valence-corrected chi connectivity index (χ1v) is 6.64. The summed E-state index contributed by atoms with van der Waals surface area (Å²) in [6.45, 7) is 2.09. The quantitative estimate of drug-likeness (QED) is 0.799. The van der Waals surface area contributed by atoms with Gasteiger partial charge in [-0.15, -0.1) is 0 Å². The SMILES string of the molecule is CN1CCC(N(C)C(=O)Nc2ccc(N)cc2)CC1. The highest BCUT2D eigenvalue weighted by Gasteiger charge is 2.23. The molecule has 1 aliphatic rings. The van der Waals surface area contributed by atoms with Crippen LogP contribution >= 0.6 is 0 Å². The first-order chi connectivity index (χ1) is 9.06. The highest BCUT2D eigenvalue weighted by atomic mass is 16.2. The number of carbonyl (C=O) groups is 1. The Balaban J connectivity index is 1.90. The molecule has 0 radical (unpaired) electrons. The predicted molar refractivity (Wildman–Crippen MR) is 78.2 cm³/mol. The van der Waals surface area contributed by atoms with Crippen molar-refractivity contribution in [3.8, 4) is 0 Å². The number of nitrogens with one attached hydrogen (secondary N) is 1. The van der Waals surface area contributed by atoms with Gasteiger partial charge in [-0.25, -0.2) is 4.79 Å². The maximum Gasteiger partial charge on any atom is 0.321 e. The number of nitrogens with two attached hydrogens (primary N) is 1. The molecule has 0 spiro atoms. The minimum atomic E-state index is -0.0562. The molecule has 1 fully saturated rings. The largest absolute Gasteiger partial charge is 0.399 e. The lowest BCUT2D eigenvalue weighted by atomic mass is 10.0. The van der Waals surface area contributed by atoms with E-state index in [0.29, 0.717) is 11.7 Å². The molecule has 2 rings (SSSR count). The van der Waals surface area contributed by atoms with Gasteiger partial charge in [-0.2, -0.15) is 0 Å². The number of carbonyl (C=O) groups excluding carboxylic acids is 1. The monoisotopic (exact) mass is 262 g/mol. The summed E-state index contributed by atoms with van der Waals surface area (Å²) >= 11 is 0. The molecule has 0 bridgehead atoms. The van der Waals surface area contributed by atoms with Crippen molar-refractivity contribution in [1.29, 1.82) is 0 Å². The highest BCUT2D eigenvalue weighted by molar-refractivity contribution is 5.89. The molecule has 1 aromatic carbocycles. The molecule has 0 atom stereocenters. The fourth-order valence-electron chi connectivity index (χ4n) is 2.33. The topological polar surface area (TPSA) is 61.6 Å². The Morgan fingerprint density at radius 1 is 1.32 bits per heavy atom.